The van der Waals surface area contributed by atoms with Crippen LogP contribution in [0.3, 0.4) is 0 Å². The molecule has 1 amide bonds. The minimum Gasteiger partial charge on any atom is -0.504 e. The lowest BCUT2D eigenvalue weighted by Gasteiger charge is -2.12. The number of rotatable bonds is 8. The van der Waals surface area contributed by atoms with Crippen LogP contribution in [-0.4, -0.2) is 33.9 Å². The fourth-order valence-electron chi connectivity index (χ4n) is 3.37. The molecule has 1 fully saturated rings. The van der Waals surface area contributed by atoms with Crippen molar-refractivity contribution in [2.24, 2.45) is 10.2 Å². The molecule has 178 valence electrons. The van der Waals surface area contributed by atoms with Crippen LogP contribution >= 0.6 is 11.8 Å². The van der Waals surface area contributed by atoms with Gasteiger partial charge < -0.3 is 14.3 Å². The first-order valence-electron chi connectivity index (χ1n) is 11.1. The largest absolute Gasteiger partial charge is 0.504 e. The zero-order valence-electron chi connectivity index (χ0n) is 19.4. The van der Waals surface area contributed by atoms with Crippen molar-refractivity contribution >= 4 is 35.1 Å². The Bertz CT molecular complexity index is 1300. The number of phenolic OH excluding ortho intramolecular Hbond substituents is 1. The first kappa shape index (κ1) is 24.1. The standard InChI is InChI=1S/C27H25N3O4S/c1-3-33-24-16-21(11-12-23(24)31)17-28-29-27-30(18-22-10-7-13-34-22)26(32)25(35-27)15-19(2)14-20-8-5-4-6-9-20/h4-17,31H,3,18H2,1-2H3/b19-14+,25-15-,28-17+,29-27-. The highest BCUT2D eigenvalue weighted by Gasteiger charge is 2.34. The van der Waals surface area contributed by atoms with E-state index in [1.54, 1.807) is 41.6 Å². The monoisotopic (exact) mass is 487 g/mol. The van der Waals surface area contributed by atoms with Crippen LogP contribution in [0.1, 0.15) is 30.7 Å². The van der Waals surface area contributed by atoms with Crippen molar-refractivity contribution in [2.45, 2.75) is 20.4 Å². The van der Waals surface area contributed by atoms with Crippen LogP contribution in [-0.2, 0) is 11.3 Å². The molecule has 1 aliphatic rings. The summed E-state index contributed by atoms with van der Waals surface area (Å²) >= 11 is 1.26. The number of hydrogen-bond donors (Lipinski definition) is 1. The highest BCUT2D eigenvalue weighted by Crippen LogP contribution is 2.33. The van der Waals surface area contributed by atoms with Crippen LogP contribution in [0, 0.1) is 0 Å². The number of hydrogen-bond acceptors (Lipinski definition) is 7. The summed E-state index contributed by atoms with van der Waals surface area (Å²) in [5, 5.41) is 18.8. The average Bonchev–Trinajstić information content (AvgIpc) is 3.46. The molecule has 1 saturated heterocycles. The lowest BCUT2D eigenvalue weighted by atomic mass is 10.1. The van der Waals surface area contributed by atoms with Crippen LogP contribution in [0.4, 0.5) is 0 Å². The molecule has 0 radical (unpaired) electrons. The summed E-state index contributed by atoms with van der Waals surface area (Å²) in [6.45, 7) is 4.48. The maximum atomic E-state index is 13.2. The van der Waals surface area contributed by atoms with Gasteiger partial charge in [-0.05, 0) is 78.7 Å². The van der Waals surface area contributed by atoms with E-state index in [1.165, 1.54) is 11.8 Å². The van der Waals surface area contributed by atoms with E-state index in [0.29, 0.717) is 33.8 Å². The van der Waals surface area contributed by atoms with Gasteiger partial charge in [-0.25, -0.2) is 0 Å². The van der Waals surface area contributed by atoms with E-state index in [1.807, 2.05) is 62.4 Å². The van der Waals surface area contributed by atoms with E-state index in [0.717, 1.165) is 11.1 Å². The molecule has 7 nitrogen and oxygen atoms in total. The van der Waals surface area contributed by atoms with Gasteiger partial charge in [-0.15, -0.1) is 5.10 Å². The van der Waals surface area contributed by atoms with E-state index in [9.17, 15) is 9.90 Å². The van der Waals surface area contributed by atoms with Gasteiger partial charge in [0.05, 0.1) is 30.5 Å². The Balaban J connectivity index is 1.59. The molecule has 0 aliphatic carbocycles. The second kappa shape index (κ2) is 11.4. The summed E-state index contributed by atoms with van der Waals surface area (Å²) in [4.78, 5) is 15.3. The molecule has 8 heteroatoms. The number of amidine groups is 1. The molecule has 0 saturated carbocycles. The fourth-order valence-corrected chi connectivity index (χ4v) is 4.35. The Kier molecular flexibility index (Phi) is 7.84. The number of furan rings is 1. The normalized spacial score (nSPS) is 16.7. The Labute approximate surface area is 208 Å². The summed E-state index contributed by atoms with van der Waals surface area (Å²) in [5.41, 5.74) is 2.71. The fraction of sp³-hybridized carbons (Fsp3) is 0.148. The first-order chi connectivity index (χ1) is 17.0. The smallest absolute Gasteiger partial charge is 0.267 e. The number of benzene rings is 2. The molecule has 1 aliphatic heterocycles. The highest BCUT2D eigenvalue weighted by atomic mass is 32.2. The van der Waals surface area contributed by atoms with E-state index in [-0.39, 0.29) is 18.2 Å². The zero-order chi connectivity index (χ0) is 24.6. The van der Waals surface area contributed by atoms with E-state index >= 15 is 0 Å². The Morgan fingerprint density at radius 3 is 2.71 bits per heavy atom. The SMILES string of the molecule is CCOc1cc(/C=N/N=C2\S/C(=C\C(C)=C\c3ccccc3)C(=O)N2Cc2ccco2)ccc1O. The van der Waals surface area contributed by atoms with Crippen molar-refractivity contribution in [1.82, 2.24) is 4.90 Å². The number of ether oxygens (including phenoxy) is 1. The minimum absolute atomic E-state index is 0.0607. The molecular weight excluding hydrogens is 462 g/mol. The number of carbonyl (C=O) groups excluding carboxylic acids is 1. The van der Waals surface area contributed by atoms with Crippen molar-refractivity contribution in [2.75, 3.05) is 6.61 Å². The molecule has 2 heterocycles. The van der Waals surface area contributed by atoms with Crippen LogP contribution < -0.4 is 4.74 Å². The van der Waals surface area contributed by atoms with Gasteiger partial charge in [0.15, 0.2) is 16.7 Å². The zero-order valence-corrected chi connectivity index (χ0v) is 20.2. The topological polar surface area (TPSA) is 87.6 Å². The predicted octanol–water partition coefficient (Wildman–Crippen LogP) is 5.84. The molecule has 0 bridgehead atoms. The molecular formula is C27H25N3O4S. The summed E-state index contributed by atoms with van der Waals surface area (Å²) < 4.78 is 10.9. The van der Waals surface area contributed by atoms with Gasteiger partial charge >= 0.3 is 0 Å². The molecule has 1 N–H and O–H groups in total. The highest BCUT2D eigenvalue weighted by molar-refractivity contribution is 8.18. The molecule has 1 aromatic heterocycles. The molecule has 0 spiro atoms. The number of phenols is 1. The average molecular weight is 488 g/mol. The summed E-state index contributed by atoms with van der Waals surface area (Å²) in [5.74, 6) is 0.920. The van der Waals surface area contributed by atoms with Crippen molar-refractivity contribution in [3.05, 3.63) is 100 Å². The molecule has 0 atom stereocenters. The number of allylic oxidation sites excluding steroid dienone is 2. The maximum Gasteiger partial charge on any atom is 0.267 e. The molecule has 35 heavy (non-hydrogen) atoms. The second-order valence-corrected chi connectivity index (χ2v) is 8.68. The minimum atomic E-state index is -0.163. The van der Waals surface area contributed by atoms with Crippen LogP contribution in [0.5, 0.6) is 11.5 Å². The molecule has 3 aromatic rings. The summed E-state index contributed by atoms with van der Waals surface area (Å²) in [6.07, 6.45) is 7.00. The van der Waals surface area contributed by atoms with Gasteiger partial charge in [0, 0.05) is 0 Å². The number of amides is 1. The number of nitrogens with zero attached hydrogens (tertiary/aromatic N) is 3. The van der Waals surface area contributed by atoms with E-state index in [4.69, 9.17) is 9.15 Å². The lowest BCUT2D eigenvalue weighted by molar-refractivity contribution is -0.122. The first-order valence-corrected chi connectivity index (χ1v) is 11.9. The summed E-state index contributed by atoms with van der Waals surface area (Å²) in [7, 11) is 0. The predicted molar refractivity (Wildman–Crippen MR) is 139 cm³/mol. The van der Waals surface area contributed by atoms with Crippen molar-refractivity contribution in [3.63, 3.8) is 0 Å². The Morgan fingerprint density at radius 2 is 1.97 bits per heavy atom. The molecule has 2 aromatic carbocycles. The number of thioether (sulfide) groups is 1. The third-order valence-corrected chi connectivity index (χ3v) is 5.97. The van der Waals surface area contributed by atoms with Gasteiger partial charge in [-0.3, -0.25) is 9.69 Å². The molecule has 4 rings (SSSR count). The van der Waals surface area contributed by atoms with Gasteiger partial charge in [-0.1, -0.05) is 36.4 Å². The van der Waals surface area contributed by atoms with Gasteiger partial charge in [0.2, 0.25) is 0 Å². The number of aromatic hydroxyl groups is 1. The van der Waals surface area contributed by atoms with Gasteiger partial charge in [0.25, 0.3) is 5.91 Å². The van der Waals surface area contributed by atoms with Crippen molar-refractivity contribution in [3.8, 4) is 11.5 Å². The van der Waals surface area contributed by atoms with Gasteiger partial charge in [0.1, 0.15) is 5.76 Å². The van der Waals surface area contributed by atoms with Crippen LogP contribution in [0.15, 0.2) is 98.1 Å². The summed E-state index contributed by atoms with van der Waals surface area (Å²) in [6, 6.07) is 18.5. The van der Waals surface area contributed by atoms with Crippen LogP contribution in [0.2, 0.25) is 0 Å². The van der Waals surface area contributed by atoms with Crippen molar-refractivity contribution in [1.29, 1.82) is 0 Å². The Morgan fingerprint density at radius 1 is 1.14 bits per heavy atom. The lowest BCUT2D eigenvalue weighted by Crippen LogP contribution is -2.28. The quantitative estimate of drug-likeness (QED) is 0.245. The van der Waals surface area contributed by atoms with Gasteiger partial charge in [-0.2, -0.15) is 5.10 Å². The van der Waals surface area contributed by atoms with E-state index in [2.05, 4.69) is 10.2 Å². The van der Waals surface area contributed by atoms with Crippen molar-refractivity contribution < 1.29 is 19.1 Å². The number of carbonyl (C=O) groups is 1. The second-order valence-electron chi connectivity index (χ2n) is 7.67. The Hall–Kier alpha value is -4.04. The van der Waals surface area contributed by atoms with E-state index < -0.39 is 0 Å². The molecule has 0 unspecified atom stereocenters. The maximum absolute atomic E-state index is 13.2. The van der Waals surface area contributed by atoms with Crippen LogP contribution in [0.25, 0.3) is 6.08 Å². The third-order valence-electron chi connectivity index (χ3n) is 4.97. The third kappa shape index (κ3) is 6.30.